The van der Waals surface area contributed by atoms with Crippen LogP contribution in [0.4, 0.5) is 0 Å². The Balaban J connectivity index is 2.22. The van der Waals surface area contributed by atoms with Crippen LogP contribution in [0.5, 0.6) is 0 Å². The molecule has 5 nitrogen and oxygen atoms in total. The fraction of sp³-hybridized carbons (Fsp3) is 0.583. The molecule has 1 aliphatic rings. The Bertz CT molecular complexity index is 499. The van der Waals surface area contributed by atoms with E-state index in [1.54, 1.807) is 16.4 Å². The third-order valence-corrected chi connectivity index (χ3v) is 5.16. The maximum Gasteiger partial charge on any atom is 0.244 e. The van der Waals surface area contributed by atoms with Crippen molar-refractivity contribution in [3.63, 3.8) is 0 Å². The van der Waals surface area contributed by atoms with Crippen LogP contribution < -0.4 is 5.32 Å². The molecule has 18 heavy (non-hydrogen) atoms. The number of pyridine rings is 1. The minimum atomic E-state index is -3.39. The molecule has 0 radical (unpaired) electrons. The van der Waals surface area contributed by atoms with Gasteiger partial charge in [-0.15, -0.1) is 0 Å². The van der Waals surface area contributed by atoms with Crippen LogP contribution >= 0.6 is 0 Å². The molecule has 6 heteroatoms. The number of piperidine rings is 1. The summed E-state index contributed by atoms with van der Waals surface area (Å²) in [5.41, 5.74) is 0.820. The van der Waals surface area contributed by atoms with Crippen molar-refractivity contribution in [3.8, 4) is 0 Å². The summed E-state index contributed by atoms with van der Waals surface area (Å²) >= 11 is 0. The summed E-state index contributed by atoms with van der Waals surface area (Å²) in [6, 6.07) is 3.60. The lowest BCUT2D eigenvalue weighted by molar-refractivity contribution is 0.293. The van der Waals surface area contributed by atoms with Crippen LogP contribution in [0, 0.1) is 6.92 Å². The lowest BCUT2D eigenvalue weighted by Gasteiger charge is -2.31. The van der Waals surface area contributed by atoms with E-state index in [0.29, 0.717) is 13.1 Å². The smallest absolute Gasteiger partial charge is 0.244 e. The molecule has 0 aliphatic carbocycles. The van der Waals surface area contributed by atoms with Crippen molar-refractivity contribution in [2.45, 2.75) is 30.7 Å². The Morgan fingerprint density at radius 1 is 1.44 bits per heavy atom. The van der Waals surface area contributed by atoms with Crippen molar-refractivity contribution in [3.05, 3.63) is 24.0 Å². The van der Waals surface area contributed by atoms with Crippen molar-refractivity contribution < 1.29 is 8.42 Å². The van der Waals surface area contributed by atoms with Crippen LogP contribution in [0.3, 0.4) is 0 Å². The predicted molar refractivity (Wildman–Crippen MR) is 69.8 cm³/mol. The number of nitrogens with one attached hydrogen (secondary N) is 1. The molecule has 1 aliphatic heterocycles. The highest BCUT2D eigenvalue weighted by atomic mass is 32.2. The molecular weight excluding hydrogens is 250 g/mol. The molecule has 1 atom stereocenters. The SMILES string of the molecule is CNC1CCCN(S(=O)(=O)c2ccc(C)nc2)C1. The summed E-state index contributed by atoms with van der Waals surface area (Å²) in [7, 11) is -1.52. The first-order valence-electron chi connectivity index (χ1n) is 6.14. The first kappa shape index (κ1) is 13.5. The summed E-state index contributed by atoms with van der Waals surface area (Å²) in [6.07, 6.45) is 3.35. The second kappa shape index (κ2) is 5.34. The second-order valence-corrected chi connectivity index (χ2v) is 6.56. The van der Waals surface area contributed by atoms with Gasteiger partial charge < -0.3 is 5.32 Å². The van der Waals surface area contributed by atoms with E-state index < -0.39 is 10.0 Å². The van der Waals surface area contributed by atoms with Gasteiger partial charge in [0.2, 0.25) is 10.0 Å². The molecule has 0 bridgehead atoms. The van der Waals surface area contributed by atoms with Crippen molar-refractivity contribution in [2.24, 2.45) is 0 Å². The number of nitrogens with zero attached hydrogens (tertiary/aromatic N) is 2. The molecule has 1 unspecified atom stereocenters. The largest absolute Gasteiger partial charge is 0.316 e. The number of rotatable bonds is 3. The lowest BCUT2D eigenvalue weighted by atomic mass is 10.1. The standard InChI is InChI=1S/C12H19N3O2S/c1-10-5-6-12(8-14-10)18(16,17)15-7-3-4-11(9-15)13-2/h5-6,8,11,13H,3-4,7,9H2,1-2H3. The van der Waals surface area contributed by atoms with Gasteiger partial charge in [-0.2, -0.15) is 4.31 Å². The lowest BCUT2D eigenvalue weighted by Crippen LogP contribution is -2.46. The van der Waals surface area contributed by atoms with Crippen LogP contribution in [0.1, 0.15) is 18.5 Å². The molecule has 0 spiro atoms. The first-order valence-corrected chi connectivity index (χ1v) is 7.58. The van der Waals surface area contributed by atoms with Gasteiger partial charge in [0.1, 0.15) is 4.90 Å². The Morgan fingerprint density at radius 2 is 2.22 bits per heavy atom. The van der Waals surface area contributed by atoms with E-state index >= 15 is 0 Å². The highest BCUT2D eigenvalue weighted by Gasteiger charge is 2.29. The summed E-state index contributed by atoms with van der Waals surface area (Å²) < 4.78 is 26.4. The molecule has 1 fully saturated rings. The maximum absolute atomic E-state index is 12.4. The average molecular weight is 269 g/mol. The summed E-state index contributed by atoms with van der Waals surface area (Å²) in [6.45, 7) is 2.97. The molecule has 1 aromatic heterocycles. The number of hydrogen-bond acceptors (Lipinski definition) is 4. The van der Waals surface area contributed by atoms with Gasteiger partial charge in [-0.3, -0.25) is 4.98 Å². The van der Waals surface area contributed by atoms with E-state index in [-0.39, 0.29) is 10.9 Å². The molecular formula is C12H19N3O2S. The predicted octanol–water partition coefficient (Wildman–Crippen LogP) is 0.763. The Hall–Kier alpha value is -0.980. The van der Waals surface area contributed by atoms with Gasteiger partial charge in [0.05, 0.1) is 0 Å². The normalized spacial score (nSPS) is 22.0. The van der Waals surface area contributed by atoms with E-state index in [0.717, 1.165) is 18.5 Å². The van der Waals surface area contributed by atoms with Gasteiger partial charge in [0, 0.05) is 31.0 Å². The number of hydrogen-bond donors (Lipinski definition) is 1. The second-order valence-electron chi connectivity index (χ2n) is 4.63. The van der Waals surface area contributed by atoms with E-state index in [4.69, 9.17) is 0 Å². The van der Waals surface area contributed by atoms with E-state index in [1.165, 1.54) is 6.20 Å². The highest BCUT2D eigenvalue weighted by molar-refractivity contribution is 7.89. The molecule has 100 valence electrons. The van der Waals surface area contributed by atoms with Gasteiger partial charge in [0.15, 0.2) is 0 Å². The number of likely N-dealkylation sites (N-methyl/N-ethyl adjacent to an activating group) is 1. The molecule has 0 aromatic carbocycles. The van der Waals surface area contributed by atoms with Crippen LogP contribution in [-0.2, 0) is 10.0 Å². The summed E-state index contributed by atoms with van der Waals surface area (Å²) in [5.74, 6) is 0. The van der Waals surface area contributed by atoms with Crippen LogP contribution in [-0.4, -0.2) is 43.9 Å². The third-order valence-electron chi connectivity index (χ3n) is 3.31. The van der Waals surface area contributed by atoms with Gasteiger partial charge in [-0.05, 0) is 38.9 Å². The Labute approximate surface area is 108 Å². The Kier molecular flexibility index (Phi) is 3.99. The van der Waals surface area contributed by atoms with Gasteiger partial charge in [0.25, 0.3) is 0 Å². The molecule has 2 heterocycles. The van der Waals surface area contributed by atoms with Crippen molar-refractivity contribution in [1.29, 1.82) is 0 Å². The molecule has 1 saturated heterocycles. The van der Waals surface area contributed by atoms with Crippen LogP contribution in [0.25, 0.3) is 0 Å². The molecule has 1 aromatic rings. The fourth-order valence-corrected chi connectivity index (χ4v) is 3.62. The van der Waals surface area contributed by atoms with Crippen molar-refractivity contribution in [2.75, 3.05) is 20.1 Å². The monoisotopic (exact) mass is 269 g/mol. The zero-order chi connectivity index (χ0) is 13.2. The van der Waals surface area contributed by atoms with Crippen molar-refractivity contribution >= 4 is 10.0 Å². The number of aryl methyl sites for hydroxylation is 1. The van der Waals surface area contributed by atoms with Crippen LogP contribution in [0.15, 0.2) is 23.2 Å². The van der Waals surface area contributed by atoms with E-state index in [9.17, 15) is 8.42 Å². The molecule has 2 rings (SSSR count). The number of aromatic nitrogens is 1. The molecule has 1 N–H and O–H groups in total. The Morgan fingerprint density at radius 3 is 2.83 bits per heavy atom. The highest BCUT2D eigenvalue weighted by Crippen LogP contribution is 2.20. The quantitative estimate of drug-likeness (QED) is 0.880. The van der Waals surface area contributed by atoms with Crippen LogP contribution in [0.2, 0.25) is 0 Å². The summed E-state index contributed by atoms with van der Waals surface area (Å²) in [5, 5.41) is 3.14. The topological polar surface area (TPSA) is 62.3 Å². The fourth-order valence-electron chi connectivity index (χ4n) is 2.15. The molecule has 0 amide bonds. The third kappa shape index (κ3) is 2.71. The van der Waals surface area contributed by atoms with Gasteiger partial charge in [-0.25, -0.2) is 8.42 Å². The zero-order valence-electron chi connectivity index (χ0n) is 10.8. The molecule has 0 saturated carbocycles. The van der Waals surface area contributed by atoms with Gasteiger partial charge >= 0.3 is 0 Å². The van der Waals surface area contributed by atoms with Gasteiger partial charge in [-0.1, -0.05) is 0 Å². The maximum atomic E-state index is 12.4. The van der Waals surface area contributed by atoms with E-state index in [2.05, 4.69) is 10.3 Å². The minimum Gasteiger partial charge on any atom is -0.316 e. The van der Waals surface area contributed by atoms with E-state index in [1.807, 2.05) is 14.0 Å². The zero-order valence-corrected chi connectivity index (χ0v) is 11.6. The summed E-state index contributed by atoms with van der Waals surface area (Å²) in [4.78, 5) is 4.34. The minimum absolute atomic E-state index is 0.243. The van der Waals surface area contributed by atoms with Crippen molar-refractivity contribution in [1.82, 2.24) is 14.6 Å². The first-order chi connectivity index (χ1) is 8.54. The number of sulfonamides is 1. The average Bonchev–Trinajstić information content (AvgIpc) is 2.39.